The van der Waals surface area contributed by atoms with Gasteiger partial charge in [0, 0.05) is 25.0 Å². The highest BCUT2D eigenvalue weighted by Crippen LogP contribution is 2.40. The van der Waals surface area contributed by atoms with Crippen molar-refractivity contribution in [1.29, 1.82) is 0 Å². The molecule has 3 atom stereocenters. The number of likely N-dealkylation sites (N-methyl/N-ethyl adjacent to an activating group) is 1. The quantitative estimate of drug-likeness (QED) is 0.852. The normalized spacial score (nSPS) is 22.9. The average molecular weight is 260 g/mol. The number of carbonyl (C=O) groups is 1. The minimum absolute atomic E-state index is 0.0846. The van der Waals surface area contributed by atoms with Crippen molar-refractivity contribution in [2.45, 2.75) is 45.2 Å². The van der Waals surface area contributed by atoms with Gasteiger partial charge in [-0.1, -0.05) is 30.3 Å². The summed E-state index contributed by atoms with van der Waals surface area (Å²) in [6, 6.07) is 10.9. The molecule has 0 bridgehead atoms. The van der Waals surface area contributed by atoms with Crippen LogP contribution >= 0.6 is 0 Å². The monoisotopic (exact) mass is 260 g/mol. The predicted octanol–water partition coefficient (Wildman–Crippen LogP) is 2.39. The molecule has 3 unspecified atom stereocenters. The van der Waals surface area contributed by atoms with E-state index < -0.39 is 0 Å². The van der Waals surface area contributed by atoms with Crippen molar-refractivity contribution in [2.24, 2.45) is 0 Å². The maximum absolute atomic E-state index is 12.2. The number of carbonyl (C=O) groups excluding carboxylic acids is 1. The third kappa shape index (κ3) is 3.35. The fourth-order valence-electron chi connectivity index (χ4n) is 2.65. The van der Waals surface area contributed by atoms with E-state index in [-0.39, 0.29) is 11.9 Å². The fourth-order valence-corrected chi connectivity index (χ4v) is 2.65. The maximum Gasteiger partial charge on any atom is 0.239 e. The Labute approximate surface area is 116 Å². The van der Waals surface area contributed by atoms with E-state index in [1.807, 2.05) is 31.7 Å². The van der Waals surface area contributed by atoms with Gasteiger partial charge < -0.3 is 10.2 Å². The summed E-state index contributed by atoms with van der Waals surface area (Å²) < 4.78 is 0. The van der Waals surface area contributed by atoms with E-state index >= 15 is 0 Å². The first-order valence-corrected chi connectivity index (χ1v) is 7.27. The van der Waals surface area contributed by atoms with Gasteiger partial charge in [-0.2, -0.15) is 0 Å². The average Bonchev–Trinajstić information content (AvgIpc) is 3.20. The first-order valence-electron chi connectivity index (χ1n) is 7.27. The summed E-state index contributed by atoms with van der Waals surface area (Å²) in [5, 5.41) is 3.46. The molecule has 1 N–H and O–H groups in total. The number of hydrogen-bond donors (Lipinski definition) is 1. The SMILES string of the molecule is CCN(CC)C(=O)C(C)NC1CC1c1ccccc1. The zero-order valence-electron chi connectivity index (χ0n) is 12.1. The Balaban J connectivity index is 1.85. The molecule has 0 spiro atoms. The van der Waals surface area contributed by atoms with E-state index in [1.165, 1.54) is 5.56 Å². The lowest BCUT2D eigenvalue weighted by atomic mass is 10.1. The van der Waals surface area contributed by atoms with Crippen molar-refractivity contribution in [3.05, 3.63) is 35.9 Å². The molecular weight excluding hydrogens is 236 g/mol. The molecule has 3 nitrogen and oxygen atoms in total. The highest BCUT2D eigenvalue weighted by atomic mass is 16.2. The Bertz CT molecular complexity index is 414. The lowest BCUT2D eigenvalue weighted by Gasteiger charge is -2.23. The summed E-state index contributed by atoms with van der Waals surface area (Å²) in [6.07, 6.45) is 1.14. The van der Waals surface area contributed by atoms with Crippen LogP contribution in [0.1, 0.15) is 38.7 Å². The van der Waals surface area contributed by atoms with Crippen LogP contribution in [0.5, 0.6) is 0 Å². The van der Waals surface area contributed by atoms with Crippen LogP contribution in [0, 0.1) is 0 Å². The van der Waals surface area contributed by atoms with Crippen LogP contribution in [-0.2, 0) is 4.79 Å². The topological polar surface area (TPSA) is 32.3 Å². The van der Waals surface area contributed by atoms with Crippen LogP contribution in [0.15, 0.2) is 30.3 Å². The molecule has 1 fully saturated rings. The largest absolute Gasteiger partial charge is 0.342 e. The van der Waals surface area contributed by atoms with Crippen LogP contribution in [0.2, 0.25) is 0 Å². The minimum atomic E-state index is -0.0846. The van der Waals surface area contributed by atoms with Crippen molar-refractivity contribution in [1.82, 2.24) is 10.2 Å². The number of hydrogen-bond acceptors (Lipinski definition) is 2. The Morgan fingerprint density at radius 2 is 1.95 bits per heavy atom. The lowest BCUT2D eigenvalue weighted by molar-refractivity contribution is -0.132. The number of rotatable bonds is 6. The molecule has 1 aliphatic carbocycles. The van der Waals surface area contributed by atoms with Crippen LogP contribution in [-0.4, -0.2) is 36.0 Å². The minimum Gasteiger partial charge on any atom is -0.342 e. The van der Waals surface area contributed by atoms with E-state index in [1.54, 1.807) is 0 Å². The molecule has 1 aliphatic rings. The summed E-state index contributed by atoms with van der Waals surface area (Å²) >= 11 is 0. The first kappa shape index (κ1) is 14.1. The van der Waals surface area contributed by atoms with Gasteiger partial charge in [0.1, 0.15) is 0 Å². The summed E-state index contributed by atoms with van der Waals surface area (Å²) in [6.45, 7) is 7.60. The van der Waals surface area contributed by atoms with Gasteiger partial charge in [-0.15, -0.1) is 0 Å². The van der Waals surface area contributed by atoms with E-state index in [2.05, 4.69) is 29.6 Å². The molecule has 0 heterocycles. The third-order valence-electron chi connectivity index (χ3n) is 3.93. The molecule has 0 radical (unpaired) electrons. The maximum atomic E-state index is 12.2. The van der Waals surface area contributed by atoms with Crippen LogP contribution in [0.3, 0.4) is 0 Å². The van der Waals surface area contributed by atoms with Gasteiger partial charge >= 0.3 is 0 Å². The Hall–Kier alpha value is -1.35. The molecule has 1 saturated carbocycles. The third-order valence-corrected chi connectivity index (χ3v) is 3.93. The van der Waals surface area contributed by atoms with E-state index in [9.17, 15) is 4.79 Å². The van der Waals surface area contributed by atoms with Gasteiger partial charge in [0.15, 0.2) is 0 Å². The smallest absolute Gasteiger partial charge is 0.239 e. The van der Waals surface area contributed by atoms with E-state index in [0.717, 1.165) is 19.5 Å². The molecule has 1 aromatic carbocycles. The number of nitrogens with zero attached hydrogens (tertiary/aromatic N) is 1. The molecule has 0 aromatic heterocycles. The lowest BCUT2D eigenvalue weighted by Crippen LogP contribution is -2.45. The van der Waals surface area contributed by atoms with Crippen LogP contribution < -0.4 is 5.32 Å². The standard InChI is InChI=1S/C16H24N2O/c1-4-18(5-2)16(19)12(3)17-15-11-14(15)13-9-7-6-8-10-13/h6-10,12,14-15,17H,4-5,11H2,1-3H3. The van der Waals surface area contributed by atoms with Gasteiger partial charge in [0.05, 0.1) is 6.04 Å². The molecule has 19 heavy (non-hydrogen) atoms. The van der Waals surface area contributed by atoms with E-state index in [4.69, 9.17) is 0 Å². The van der Waals surface area contributed by atoms with Crippen molar-refractivity contribution >= 4 is 5.91 Å². The zero-order chi connectivity index (χ0) is 13.8. The molecular formula is C16H24N2O. The zero-order valence-corrected chi connectivity index (χ0v) is 12.1. The molecule has 1 amide bonds. The second-order valence-corrected chi connectivity index (χ2v) is 5.26. The second kappa shape index (κ2) is 6.20. The van der Waals surface area contributed by atoms with Gasteiger partial charge in [0.2, 0.25) is 5.91 Å². The van der Waals surface area contributed by atoms with Gasteiger partial charge in [0.25, 0.3) is 0 Å². The Kier molecular flexibility index (Phi) is 4.59. The molecule has 104 valence electrons. The second-order valence-electron chi connectivity index (χ2n) is 5.26. The predicted molar refractivity (Wildman–Crippen MR) is 78.1 cm³/mol. The Morgan fingerprint density at radius 3 is 2.53 bits per heavy atom. The summed E-state index contributed by atoms with van der Waals surface area (Å²) in [4.78, 5) is 14.1. The van der Waals surface area contributed by atoms with Crippen molar-refractivity contribution < 1.29 is 4.79 Å². The van der Waals surface area contributed by atoms with Gasteiger partial charge in [-0.3, -0.25) is 4.79 Å². The first-order chi connectivity index (χ1) is 9.17. The van der Waals surface area contributed by atoms with Gasteiger partial charge in [-0.25, -0.2) is 0 Å². The van der Waals surface area contributed by atoms with Crippen LogP contribution in [0.25, 0.3) is 0 Å². The van der Waals surface area contributed by atoms with Crippen molar-refractivity contribution in [2.75, 3.05) is 13.1 Å². The summed E-state index contributed by atoms with van der Waals surface area (Å²) in [5.41, 5.74) is 1.38. The number of nitrogens with one attached hydrogen (secondary N) is 1. The van der Waals surface area contributed by atoms with Gasteiger partial charge in [-0.05, 0) is 32.8 Å². The molecule has 3 heteroatoms. The summed E-state index contributed by atoms with van der Waals surface area (Å²) in [7, 11) is 0. The Morgan fingerprint density at radius 1 is 1.32 bits per heavy atom. The van der Waals surface area contributed by atoms with Crippen molar-refractivity contribution in [3.8, 4) is 0 Å². The summed E-state index contributed by atoms with van der Waals surface area (Å²) in [5.74, 6) is 0.789. The van der Waals surface area contributed by atoms with E-state index in [0.29, 0.717) is 12.0 Å². The van der Waals surface area contributed by atoms with Crippen LogP contribution in [0.4, 0.5) is 0 Å². The highest BCUT2D eigenvalue weighted by molar-refractivity contribution is 5.81. The highest BCUT2D eigenvalue weighted by Gasteiger charge is 2.39. The number of benzene rings is 1. The molecule has 0 saturated heterocycles. The molecule has 2 rings (SSSR count). The number of amides is 1. The molecule has 1 aromatic rings. The van der Waals surface area contributed by atoms with Crippen molar-refractivity contribution in [3.63, 3.8) is 0 Å². The fraction of sp³-hybridized carbons (Fsp3) is 0.562. The molecule has 0 aliphatic heterocycles.